The molecule has 0 saturated heterocycles. The van der Waals surface area contributed by atoms with Crippen LogP contribution in [-0.2, 0) is 10.0 Å². The minimum absolute atomic E-state index is 0.0215. The van der Waals surface area contributed by atoms with Crippen molar-refractivity contribution < 1.29 is 22.6 Å². The normalized spacial score (nSPS) is 13.4. The van der Waals surface area contributed by atoms with Gasteiger partial charge in [-0.1, -0.05) is 11.6 Å². The summed E-state index contributed by atoms with van der Waals surface area (Å²) in [6.45, 7) is 3.01. The fraction of sp³-hybridized carbons (Fsp3) is 0.250. The first-order valence-electron chi connectivity index (χ1n) is 7.34. The molecule has 1 aliphatic heterocycles. The molecule has 0 amide bonds. The Labute approximate surface area is 145 Å². The van der Waals surface area contributed by atoms with E-state index in [1.54, 1.807) is 31.2 Å². The number of anilines is 1. The van der Waals surface area contributed by atoms with Gasteiger partial charge in [0.1, 0.15) is 23.9 Å². The lowest BCUT2D eigenvalue weighted by molar-refractivity contribution is 0.171. The van der Waals surface area contributed by atoms with Gasteiger partial charge in [0, 0.05) is 11.1 Å². The summed E-state index contributed by atoms with van der Waals surface area (Å²) in [7, 11) is -3.87. The first-order valence-corrected chi connectivity index (χ1v) is 9.20. The maximum atomic E-state index is 12.7. The second kappa shape index (κ2) is 6.78. The number of ether oxygens (including phenoxy) is 3. The Hall–Kier alpha value is -2.12. The summed E-state index contributed by atoms with van der Waals surface area (Å²) in [6.07, 6.45) is 0. The molecule has 0 spiro atoms. The van der Waals surface area contributed by atoms with Gasteiger partial charge in [-0.25, -0.2) is 8.42 Å². The summed E-state index contributed by atoms with van der Waals surface area (Å²) < 4.78 is 44.2. The Morgan fingerprint density at radius 1 is 1.12 bits per heavy atom. The number of benzene rings is 2. The number of halogens is 1. The second-order valence-corrected chi connectivity index (χ2v) is 7.08. The fourth-order valence-corrected chi connectivity index (χ4v) is 3.74. The fourth-order valence-electron chi connectivity index (χ4n) is 2.28. The summed E-state index contributed by atoms with van der Waals surface area (Å²) in [5.74, 6) is 1.33. The molecule has 1 N–H and O–H groups in total. The minimum Gasteiger partial charge on any atom is -0.492 e. The molecule has 0 radical (unpaired) electrons. The van der Waals surface area contributed by atoms with Crippen LogP contribution in [0.1, 0.15) is 6.92 Å². The van der Waals surface area contributed by atoms with Crippen molar-refractivity contribution in [3.05, 3.63) is 41.4 Å². The third-order valence-corrected chi connectivity index (χ3v) is 4.93. The topological polar surface area (TPSA) is 73.9 Å². The van der Waals surface area contributed by atoms with E-state index in [0.717, 1.165) is 0 Å². The van der Waals surface area contributed by atoms with Gasteiger partial charge in [0.2, 0.25) is 0 Å². The molecule has 2 aromatic carbocycles. The predicted molar refractivity (Wildman–Crippen MR) is 90.9 cm³/mol. The van der Waals surface area contributed by atoms with Crippen molar-refractivity contribution in [1.29, 1.82) is 0 Å². The predicted octanol–water partition coefficient (Wildman–Crippen LogP) is 3.31. The third-order valence-electron chi connectivity index (χ3n) is 3.29. The van der Waals surface area contributed by atoms with E-state index < -0.39 is 10.0 Å². The molecule has 0 aliphatic carbocycles. The Morgan fingerprint density at radius 3 is 2.62 bits per heavy atom. The molecule has 2 aromatic rings. The van der Waals surface area contributed by atoms with Crippen molar-refractivity contribution in [2.24, 2.45) is 0 Å². The van der Waals surface area contributed by atoms with E-state index in [-0.39, 0.29) is 10.6 Å². The number of fused-ring (bicyclic) bond motifs is 1. The lowest BCUT2D eigenvalue weighted by atomic mass is 10.3. The first-order chi connectivity index (χ1) is 11.5. The average molecular weight is 370 g/mol. The van der Waals surface area contributed by atoms with Gasteiger partial charge in [0.25, 0.3) is 10.0 Å². The van der Waals surface area contributed by atoms with Gasteiger partial charge in [-0.15, -0.1) is 0 Å². The summed E-state index contributed by atoms with van der Waals surface area (Å²) in [4.78, 5) is -0.0215. The molecule has 1 aliphatic rings. The zero-order valence-electron chi connectivity index (χ0n) is 12.9. The third kappa shape index (κ3) is 3.52. The molecule has 0 fully saturated rings. The van der Waals surface area contributed by atoms with Crippen LogP contribution < -0.4 is 18.9 Å². The monoisotopic (exact) mass is 369 g/mol. The highest BCUT2D eigenvalue weighted by atomic mass is 35.5. The number of hydrogen-bond donors (Lipinski definition) is 1. The number of sulfonamides is 1. The summed E-state index contributed by atoms with van der Waals surface area (Å²) in [5, 5.41) is 0.306. The Balaban J connectivity index is 1.93. The Morgan fingerprint density at radius 2 is 1.88 bits per heavy atom. The summed E-state index contributed by atoms with van der Waals surface area (Å²) in [5.41, 5.74) is 0.363. The van der Waals surface area contributed by atoms with Crippen LogP contribution in [-0.4, -0.2) is 28.2 Å². The van der Waals surface area contributed by atoms with Crippen molar-refractivity contribution in [2.45, 2.75) is 11.8 Å². The van der Waals surface area contributed by atoms with Crippen LogP contribution in [0.25, 0.3) is 0 Å². The lowest BCUT2D eigenvalue weighted by Crippen LogP contribution is -2.17. The van der Waals surface area contributed by atoms with E-state index in [4.69, 9.17) is 25.8 Å². The van der Waals surface area contributed by atoms with Crippen LogP contribution in [0.4, 0.5) is 5.69 Å². The molecule has 0 aromatic heterocycles. The van der Waals surface area contributed by atoms with Crippen LogP contribution in [0, 0.1) is 0 Å². The summed E-state index contributed by atoms with van der Waals surface area (Å²) >= 11 is 5.94. The highest BCUT2D eigenvalue weighted by Gasteiger charge is 2.21. The van der Waals surface area contributed by atoms with Gasteiger partial charge in [0.15, 0.2) is 11.5 Å². The SMILES string of the molecule is CCOc1ccc(Cl)cc1S(=O)(=O)Nc1ccc2c(c1)OCCO2. The maximum absolute atomic E-state index is 12.7. The number of nitrogens with one attached hydrogen (secondary N) is 1. The molecule has 1 heterocycles. The average Bonchev–Trinajstić information content (AvgIpc) is 2.56. The molecule has 8 heteroatoms. The summed E-state index contributed by atoms with van der Waals surface area (Å²) in [6, 6.07) is 9.31. The van der Waals surface area contributed by atoms with Crippen molar-refractivity contribution in [3.8, 4) is 17.2 Å². The highest BCUT2D eigenvalue weighted by Crippen LogP contribution is 2.34. The van der Waals surface area contributed by atoms with E-state index in [1.165, 1.54) is 12.1 Å². The van der Waals surface area contributed by atoms with Gasteiger partial charge in [0.05, 0.1) is 12.3 Å². The Kier molecular flexibility index (Phi) is 4.73. The van der Waals surface area contributed by atoms with Gasteiger partial charge in [-0.3, -0.25) is 4.72 Å². The zero-order valence-corrected chi connectivity index (χ0v) is 14.5. The van der Waals surface area contributed by atoms with Gasteiger partial charge in [-0.2, -0.15) is 0 Å². The molecule has 3 rings (SSSR count). The maximum Gasteiger partial charge on any atom is 0.265 e. The quantitative estimate of drug-likeness (QED) is 0.875. The number of rotatable bonds is 5. The van der Waals surface area contributed by atoms with Crippen molar-refractivity contribution >= 4 is 27.3 Å². The zero-order chi connectivity index (χ0) is 17.2. The molecule has 128 valence electrons. The van der Waals surface area contributed by atoms with Crippen LogP contribution in [0.3, 0.4) is 0 Å². The molecular weight excluding hydrogens is 354 g/mol. The van der Waals surface area contributed by atoms with Crippen LogP contribution in [0.15, 0.2) is 41.3 Å². The van der Waals surface area contributed by atoms with Crippen molar-refractivity contribution in [1.82, 2.24) is 0 Å². The molecule has 24 heavy (non-hydrogen) atoms. The molecule has 6 nitrogen and oxygen atoms in total. The highest BCUT2D eigenvalue weighted by molar-refractivity contribution is 7.92. The van der Waals surface area contributed by atoms with E-state index >= 15 is 0 Å². The van der Waals surface area contributed by atoms with Gasteiger partial charge >= 0.3 is 0 Å². The second-order valence-electron chi connectivity index (χ2n) is 4.99. The van der Waals surface area contributed by atoms with Crippen molar-refractivity contribution in [3.63, 3.8) is 0 Å². The molecule has 0 bridgehead atoms. The van der Waals surface area contributed by atoms with E-state index in [9.17, 15) is 8.42 Å². The molecule has 0 saturated carbocycles. The van der Waals surface area contributed by atoms with Crippen LogP contribution in [0.2, 0.25) is 5.02 Å². The smallest absolute Gasteiger partial charge is 0.265 e. The molecule has 0 unspecified atom stereocenters. The first kappa shape index (κ1) is 16.7. The van der Waals surface area contributed by atoms with Gasteiger partial charge in [-0.05, 0) is 37.3 Å². The van der Waals surface area contributed by atoms with E-state index in [2.05, 4.69) is 4.72 Å². The molecular formula is C16H16ClNO5S. The van der Waals surface area contributed by atoms with Crippen LogP contribution in [0.5, 0.6) is 17.2 Å². The Bertz CT molecular complexity index is 854. The standard InChI is InChI=1S/C16H16ClNO5S/c1-2-21-14-5-3-11(17)9-16(14)24(19,20)18-12-4-6-13-15(10-12)23-8-7-22-13/h3-6,9-10,18H,2,7-8H2,1H3. The van der Waals surface area contributed by atoms with E-state index in [1.807, 2.05) is 0 Å². The van der Waals surface area contributed by atoms with E-state index in [0.29, 0.717) is 42.0 Å². The lowest BCUT2D eigenvalue weighted by Gasteiger charge is -2.19. The van der Waals surface area contributed by atoms with Gasteiger partial charge < -0.3 is 14.2 Å². The minimum atomic E-state index is -3.87. The van der Waals surface area contributed by atoms with Crippen LogP contribution >= 0.6 is 11.6 Å². The largest absolute Gasteiger partial charge is 0.492 e. The van der Waals surface area contributed by atoms with Crippen molar-refractivity contribution in [2.75, 3.05) is 24.5 Å². The molecule has 0 atom stereocenters. The number of hydrogen-bond acceptors (Lipinski definition) is 5.